The van der Waals surface area contributed by atoms with Crippen molar-refractivity contribution in [3.05, 3.63) is 29.0 Å². The average molecular weight is 351 g/mol. The summed E-state index contributed by atoms with van der Waals surface area (Å²) in [6.07, 6.45) is 0.215. The summed E-state index contributed by atoms with van der Waals surface area (Å²) in [5.41, 5.74) is 0. The third-order valence-corrected chi connectivity index (χ3v) is 3.98. The number of amides is 1. The van der Waals surface area contributed by atoms with E-state index in [0.29, 0.717) is 11.7 Å². The van der Waals surface area contributed by atoms with Crippen LogP contribution in [0.4, 0.5) is 4.39 Å². The summed E-state index contributed by atoms with van der Waals surface area (Å²) in [6, 6.07) is 3.99. The molecule has 4 nitrogen and oxygen atoms in total. The molecule has 1 amide bonds. The lowest BCUT2D eigenvalue weighted by atomic mass is 9.95. The number of benzene rings is 1. The zero-order valence-corrected chi connectivity index (χ0v) is 14.1. The number of halogens is 3. The second kappa shape index (κ2) is 8.56. The molecule has 2 rings (SSSR count). The van der Waals surface area contributed by atoms with Gasteiger partial charge in [-0.05, 0) is 50.6 Å². The maximum atomic E-state index is 13.0. The highest BCUT2D eigenvalue weighted by molar-refractivity contribution is 6.32. The molecule has 22 heavy (non-hydrogen) atoms. The summed E-state index contributed by atoms with van der Waals surface area (Å²) in [5.74, 6) is 0.0607. The van der Waals surface area contributed by atoms with Crippen LogP contribution in [0.2, 0.25) is 5.02 Å². The van der Waals surface area contributed by atoms with Crippen molar-refractivity contribution in [3.8, 4) is 5.75 Å². The summed E-state index contributed by atoms with van der Waals surface area (Å²) in [4.78, 5) is 12.2. The van der Waals surface area contributed by atoms with Crippen LogP contribution in [-0.2, 0) is 4.79 Å². The van der Waals surface area contributed by atoms with Crippen LogP contribution in [0.25, 0.3) is 0 Å². The summed E-state index contributed by atoms with van der Waals surface area (Å²) in [7, 11) is 0. The van der Waals surface area contributed by atoms with Crippen LogP contribution in [0.1, 0.15) is 20.3 Å². The monoisotopic (exact) mass is 350 g/mol. The van der Waals surface area contributed by atoms with Crippen LogP contribution < -0.4 is 15.4 Å². The van der Waals surface area contributed by atoms with Gasteiger partial charge in [-0.15, -0.1) is 12.4 Å². The van der Waals surface area contributed by atoms with Crippen molar-refractivity contribution in [1.82, 2.24) is 10.6 Å². The molecular weight excluding hydrogens is 330 g/mol. The fourth-order valence-electron chi connectivity index (χ4n) is 2.34. The number of ether oxygens (including phenoxy) is 1. The summed E-state index contributed by atoms with van der Waals surface area (Å²) in [6.45, 7) is 5.54. The number of hydrogen-bond acceptors (Lipinski definition) is 3. The molecule has 1 aliphatic rings. The van der Waals surface area contributed by atoms with E-state index in [1.54, 1.807) is 6.92 Å². The van der Waals surface area contributed by atoms with Gasteiger partial charge in [0.2, 0.25) is 0 Å². The van der Waals surface area contributed by atoms with E-state index < -0.39 is 11.9 Å². The first-order chi connectivity index (χ1) is 9.97. The minimum atomic E-state index is -0.685. The molecule has 1 fully saturated rings. The molecule has 0 radical (unpaired) electrons. The van der Waals surface area contributed by atoms with Gasteiger partial charge in [-0.1, -0.05) is 18.5 Å². The molecule has 1 heterocycles. The molecule has 1 saturated heterocycles. The smallest absolute Gasteiger partial charge is 0.261 e. The van der Waals surface area contributed by atoms with E-state index in [2.05, 4.69) is 17.6 Å². The first-order valence-electron chi connectivity index (χ1n) is 7.10. The van der Waals surface area contributed by atoms with Gasteiger partial charge in [-0.3, -0.25) is 4.79 Å². The normalized spacial score (nSPS) is 22.4. The van der Waals surface area contributed by atoms with Crippen molar-refractivity contribution in [2.24, 2.45) is 5.92 Å². The van der Waals surface area contributed by atoms with E-state index in [4.69, 9.17) is 16.3 Å². The number of carbonyl (C=O) groups is 1. The zero-order valence-electron chi connectivity index (χ0n) is 12.6. The van der Waals surface area contributed by atoms with Gasteiger partial charge in [-0.2, -0.15) is 0 Å². The molecule has 3 atom stereocenters. The zero-order chi connectivity index (χ0) is 15.4. The van der Waals surface area contributed by atoms with E-state index in [1.807, 2.05) is 0 Å². The van der Waals surface area contributed by atoms with Crippen LogP contribution >= 0.6 is 24.0 Å². The molecule has 0 saturated carbocycles. The fraction of sp³-hybridized carbons (Fsp3) is 0.533. The average Bonchev–Trinajstić information content (AvgIpc) is 2.44. The van der Waals surface area contributed by atoms with Gasteiger partial charge < -0.3 is 15.4 Å². The Bertz CT molecular complexity index is 516. The molecule has 124 valence electrons. The van der Waals surface area contributed by atoms with Crippen LogP contribution in [0.3, 0.4) is 0 Å². The predicted molar refractivity (Wildman–Crippen MR) is 87.3 cm³/mol. The number of hydrogen-bond donors (Lipinski definition) is 2. The second-order valence-corrected chi connectivity index (χ2v) is 5.83. The Morgan fingerprint density at radius 2 is 2.27 bits per heavy atom. The Kier molecular flexibility index (Phi) is 7.39. The first kappa shape index (κ1) is 19.0. The van der Waals surface area contributed by atoms with Gasteiger partial charge >= 0.3 is 0 Å². The number of nitrogens with one attached hydrogen (secondary N) is 2. The third-order valence-electron chi connectivity index (χ3n) is 3.68. The minimum absolute atomic E-state index is 0. The molecule has 1 aromatic carbocycles. The van der Waals surface area contributed by atoms with Crippen molar-refractivity contribution < 1.29 is 13.9 Å². The Morgan fingerprint density at radius 3 is 2.91 bits per heavy atom. The minimum Gasteiger partial charge on any atom is -0.479 e. The third kappa shape index (κ3) is 5.00. The van der Waals surface area contributed by atoms with Crippen molar-refractivity contribution in [1.29, 1.82) is 0 Å². The van der Waals surface area contributed by atoms with Crippen molar-refractivity contribution in [2.75, 3.05) is 13.1 Å². The molecule has 3 unspecified atom stereocenters. The van der Waals surface area contributed by atoms with Gasteiger partial charge in [0.1, 0.15) is 11.6 Å². The molecule has 1 aliphatic heterocycles. The molecule has 1 aromatic rings. The van der Waals surface area contributed by atoms with Crippen molar-refractivity contribution in [3.63, 3.8) is 0 Å². The molecule has 0 bridgehead atoms. The lowest BCUT2D eigenvalue weighted by Crippen LogP contribution is -2.51. The first-order valence-corrected chi connectivity index (χ1v) is 7.48. The second-order valence-electron chi connectivity index (χ2n) is 5.42. The van der Waals surface area contributed by atoms with Crippen LogP contribution in [0.5, 0.6) is 5.75 Å². The summed E-state index contributed by atoms with van der Waals surface area (Å²) >= 11 is 5.89. The summed E-state index contributed by atoms with van der Waals surface area (Å²) in [5, 5.41) is 6.44. The topological polar surface area (TPSA) is 50.4 Å². The molecule has 7 heteroatoms. The van der Waals surface area contributed by atoms with Crippen molar-refractivity contribution in [2.45, 2.75) is 32.4 Å². The largest absolute Gasteiger partial charge is 0.479 e. The summed E-state index contributed by atoms with van der Waals surface area (Å²) < 4.78 is 18.5. The van der Waals surface area contributed by atoms with Crippen LogP contribution in [0.15, 0.2) is 18.2 Å². The number of carbonyl (C=O) groups excluding carboxylic acids is 1. The fourth-order valence-corrected chi connectivity index (χ4v) is 2.56. The maximum absolute atomic E-state index is 13.0. The van der Waals surface area contributed by atoms with Gasteiger partial charge in [-0.25, -0.2) is 4.39 Å². The van der Waals surface area contributed by atoms with E-state index in [9.17, 15) is 9.18 Å². The van der Waals surface area contributed by atoms with Gasteiger partial charge in [0.05, 0.1) is 5.02 Å². The van der Waals surface area contributed by atoms with E-state index in [1.165, 1.54) is 12.1 Å². The van der Waals surface area contributed by atoms with Gasteiger partial charge in [0.15, 0.2) is 6.10 Å². The highest BCUT2D eigenvalue weighted by Gasteiger charge is 2.25. The Hall–Kier alpha value is -1.04. The quantitative estimate of drug-likeness (QED) is 0.877. The Labute approximate surface area is 141 Å². The Balaban J connectivity index is 0.00000242. The molecular formula is C15H21Cl2FN2O2. The van der Waals surface area contributed by atoms with E-state index >= 15 is 0 Å². The van der Waals surface area contributed by atoms with Crippen LogP contribution in [0, 0.1) is 11.7 Å². The lowest BCUT2D eigenvalue weighted by molar-refractivity contribution is -0.128. The highest BCUT2D eigenvalue weighted by atomic mass is 35.5. The lowest BCUT2D eigenvalue weighted by Gasteiger charge is -2.31. The SMILES string of the molecule is CC(Oc1ccc(F)cc1Cl)C(=O)NC1CCNCC1C.Cl. The predicted octanol–water partition coefficient (Wildman–Crippen LogP) is 2.78. The van der Waals surface area contributed by atoms with E-state index in [-0.39, 0.29) is 29.4 Å². The molecule has 0 aliphatic carbocycles. The van der Waals surface area contributed by atoms with Gasteiger partial charge in [0.25, 0.3) is 5.91 Å². The number of rotatable bonds is 4. The molecule has 0 aromatic heterocycles. The van der Waals surface area contributed by atoms with E-state index in [0.717, 1.165) is 25.6 Å². The highest BCUT2D eigenvalue weighted by Crippen LogP contribution is 2.26. The standard InChI is InChI=1S/C15H20ClFN2O2.ClH/c1-9-8-18-6-5-13(9)19-15(20)10(2)21-14-4-3-11(17)7-12(14)16;/h3-4,7,9-10,13,18H,5-6,8H2,1-2H3,(H,19,20);1H. The Morgan fingerprint density at radius 1 is 1.55 bits per heavy atom. The van der Waals surface area contributed by atoms with Gasteiger partial charge in [0, 0.05) is 6.04 Å². The molecule has 2 N–H and O–H groups in total. The van der Waals surface area contributed by atoms with Crippen LogP contribution in [-0.4, -0.2) is 31.1 Å². The van der Waals surface area contributed by atoms with Crippen molar-refractivity contribution >= 4 is 29.9 Å². The number of piperidine rings is 1. The molecule has 0 spiro atoms. The maximum Gasteiger partial charge on any atom is 0.261 e.